The van der Waals surface area contributed by atoms with Gasteiger partial charge in [-0.05, 0) is 19.8 Å². The first-order chi connectivity index (χ1) is 5.74. The third kappa shape index (κ3) is 2.36. The predicted octanol–water partition coefficient (Wildman–Crippen LogP) is 1.97. The molecule has 0 aliphatic carbocycles. The van der Waals surface area contributed by atoms with E-state index in [0.717, 1.165) is 18.7 Å². The van der Waals surface area contributed by atoms with Crippen molar-refractivity contribution in [3.05, 3.63) is 11.8 Å². The van der Waals surface area contributed by atoms with Crippen LogP contribution in [0.3, 0.4) is 0 Å². The molecule has 0 aromatic carbocycles. The summed E-state index contributed by atoms with van der Waals surface area (Å²) >= 11 is 0. The van der Waals surface area contributed by atoms with Gasteiger partial charge in [0.05, 0.1) is 0 Å². The summed E-state index contributed by atoms with van der Waals surface area (Å²) < 4.78 is 0. The fraction of sp³-hybridized carbons (Fsp3) is 0.700. The highest BCUT2D eigenvalue weighted by Crippen LogP contribution is 2.10. The quantitative estimate of drug-likeness (QED) is 0.599. The van der Waals surface area contributed by atoms with E-state index in [2.05, 4.69) is 4.90 Å². The smallest absolute Gasteiger partial charge is 0.159 e. The van der Waals surface area contributed by atoms with Crippen LogP contribution in [0.15, 0.2) is 11.8 Å². The van der Waals surface area contributed by atoms with E-state index in [1.165, 1.54) is 12.8 Å². The maximum Gasteiger partial charge on any atom is 0.159 e. The fourth-order valence-corrected chi connectivity index (χ4v) is 1.50. The zero-order valence-electron chi connectivity index (χ0n) is 7.97. The monoisotopic (exact) mass is 167 g/mol. The maximum atomic E-state index is 11.2. The Labute approximate surface area is 74.2 Å². The summed E-state index contributed by atoms with van der Waals surface area (Å²) in [5.41, 5.74) is 0.902. The number of hydrogen-bond donors (Lipinski definition) is 0. The average molecular weight is 167 g/mol. The van der Waals surface area contributed by atoms with Gasteiger partial charge in [-0.2, -0.15) is 0 Å². The molecule has 1 fully saturated rings. The van der Waals surface area contributed by atoms with E-state index in [4.69, 9.17) is 0 Å². The topological polar surface area (TPSA) is 20.3 Å². The summed E-state index contributed by atoms with van der Waals surface area (Å²) in [5, 5.41) is 0. The van der Waals surface area contributed by atoms with Crippen molar-refractivity contribution in [2.45, 2.75) is 33.1 Å². The Morgan fingerprint density at radius 1 is 1.42 bits per heavy atom. The van der Waals surface area contributed by atoms with E-state index in [1.807, 2.05) is 20.0 Å². The third-order valence-electron chi connectivity index (χ3n) is 2.28. The SMILES string of the molecule is CCC(=O)/C(C)=C/N1CCCC1. The lowest BCUT2D eigenvalue weighted by Gasteiger charge is -2.11. The standard InChI is InChI=1S/C10H17NO/c1-3-10(12)9(2)8-11-6-4-5-7-11/h8H,3-7H2,1-2H3/b9-8+. The van der Waals surface area contributed by atoms with Crippen LogP contribution in [-0.2, 0) is 4.79 Å². The number of Topliss-reactive ketones (excluding diaryl/α,β-unsaturated/α-hetero) is 1. The molecular formula is C10H17NO. The van der Waals surface area contributed by atoms with Crippen molar-refractivity contribution in [3.8, 4) is 0 Å². The molecule has 2 heteroatoms. The first-order valence-electron chi connectivity index (χ1n) is 4.69. The van der Waals surface area contributed by atoms with Gasteiger partial charge in [0, 0.05) is 31.3 Å². The molecule has 1 aliphatic heterocycles. The number of carbonyl (C=O) groups is 1. The zero-order valence-corrected chi connectivity index (χ0v) is 7.97. The molecule has 0 N–H and O–H groups in total. The third-order valence-corrected chi connectivity index (χ3v) is 2.28. The van der Waals surface area contributed by atoms with Gasteiger partial charge >= 0.3 is 0 Å². The molecule has 0 spiro atoms. The van der Waals surface area contributed by atoms with Crippen LogP contribution < -0.4 is 0 Å². The van der Waals surface area contributed by atoms with Gasteiger partial charge in [0.25, 0.3) is 0 Å². The molecule has 1 aliphatic rings. The molecule has 12 heavy (non-hydrogen) atoms. The van der Waals surface area contributed by atoms with Crippen LogP contribution in [0.5, 0.6) is 0 Å². The van der Waals surface area contributed by atoms with Gasteiger partial charge in [0.15, 0.2) is 5.78 Å². The van der Waals surface area contributed by atoms with Crippen LogP contribution in [0, 0.1) is 0 Å². The highest BCUT2D eigenvalue weighted by molar-refractivity contribution is 5.94. The van der Waals surface area contributed by atoms with Gasteiger partial charge < -0.3 is 4.90 Å². The van der Waals surface area contributed by atoms with Crippen molar-refractivity contribution in [3.63, 3.8) is 0 Å². The normalized spacial score (nSPS) is 18.5. The number of nitrogens with zero attached hydrogens (tertiary/aromatic N) is 1. The van der Waals surface area contributed by atoms with Crippen LogP contribution >= 0.6 is 0 Å². The van der Waals surface area contributed by atoms with Crippen molar-refractivity contribution in [1.29, 1.82) is 0 Å². The zero-order chi connectivity index (χ0) is 8.97. The molecule has 1 heterocycles. The van der Waals surface area contributed by atoms with Crippen molar-refractivity contribution in [2.75, 3.05) is 13.1 Å². The van der Waals surface area contributed by atoms with Gasteiger partial charge in [-0.25, -0.2) is 0 Å². The van der Waals surface area contributed by atoms with Crippen molar-refractivity contribution in [2.24, 2.45) is 0 Å². The molecule has 0 atom stereocenters. The minimum atomic E-state index is 0.266. The number of hydrogen-bond acceptors (Lipinski definition) is 2. The molecule has 1 rings (SSSR count). The van der Waals surface area contributed by atoms with Crippen LogP contribution in [0.2, 0.25) is 0 Å². The molecular weight excluding hydrogens is 150 g/mol. The average Bonchev–Trinajstić information content (AvgIpc) is 2.55. The Morgan fingerprint density at radius 3 is 2.50 bits per heavy atom. The Balaban J connectivity index is 2.48. The Hall–Kier alpha value is -0.790. The lowest BCUT2D eigenvalue weighted by Crippen LogP contribution is -2.13. The molecule has 0 unspecified atom stereocenters. The lowest BCUT2D eigenvalue weighted by atomic mass is 10.2. The molecule has 0 aromatic rings. The molecule has 0 bridgehead atoms. The second-order valence-electron chi connectivity index (χ2n) is 3.33. The van der Waals surface area contributed by atoms with Gasteiger partial charge in [0.2, 0.25) is 0 Å². The molecule has 0 aromatic heterocycles. The second kappa shape index (κ2) is 4.29. The largest absolute Gasteiger partial charge is 0.377 e. The Bertz CT molecular complexity index is 190. The molecule has 2 nitrogen and oxygen atoms in total. The van der Waals surface area contributed by atoms with E-state index >= 15 is 0 Å². The van der Waals surface area contributed by atoms with Crippen molar-refractivity contribution in [1.82, 2.24) is 4.90 Å². The van der Waals surface area contributed by atoms with Gasteiger partial charge in [-0.1, -0.05) is 6.92 Å². The number of carbonyl (C=O) groups excluding carboxylic acids is 1. The second-order valence-corrected chi connectivity index (χ2v) is 3.33. The summed E-state index contributed by atoms with van der Waals surface area (Å²) in [6, 6.07) is 0. The Morgan fingerprint density at radius 2 is 2.00 bits per heavy atom. The van der Waals surface area contributed by atoms with Gasteiger partial charge in [-0.3, -0.25) is 4.79 Å². The minimum Gasteiger partial charge on any atom is -0.377 e. The van der Waals surface area contributed by atoms with Crippen LogP contribution in [0.1, 0.15) is 33.1 Å². The Kier molecular flexibility index (Phi) is 3.32. The van der Waals surface area contributed by atoms with E-state index in [1.54, 1.807) is 0 Å². The maximum absolute atomic E-state index is 11.2. The summed E-state index contributed by atoms with van der Waals surface area (Å²) in [6.07, 6.45) is 5.17. The summed E-state index contributed by atoms with van der Waals surface area (Å²) in [7, 11) is 0. The van der Waals surface area contributed by atoms with Crippen LogP contribution in [0.25, 0.3) is 0 Å². The highest BCUT2D eigenvalue weighted by atomic mass is 16.1. The number of likely N-dealkylation sites (tertiary alicyclic amines) is 1. The molecule has 0 saturated carbocycles. The highest BCUT2D eigenvalue weighted by Gasteiger charge is 2.09. The van der Waals surface area contributed by atoms with Gasteiger partial charge in [-0.15, -0.1) is 0 Å². The van der Waals surface area contributed by atoms with E-state index in [0.29, 0.717) is 6.42 Å². The first kappa shape index (κ1) is 9.30. The summed E-state index contributed by atoms with van der Waals surface area (Å²) in [6.45, 7) is 6.05. The van der Waals surface area contributed by atoms with E-state index < -0.39 is 0 Å². The summed E-state index contributed by atoms with van der Waals surface area (Å²) in [4.78, 5) is 13.4. The molecule has 0 amide bonds. The fourth-order valence-electron chi connectivity index (χ4n) is 1.50. The minimum absolute atomic E-state index is 0.266. The molecule has 68 valence electrons. The predicted molar refractivity (Wildman–Crippen MR) is 49.9 cm³/mol. The first-order valence-corrected chi connectivity index (χ1v) is 4.69. The van der Waals surface area contributed by atoms with E-state index in [-0.39, 0.29) is 5.78 Å². The van der Waals surface area contributed by atoms with Crippen molar-refractivity contribution >= 4 is 5.78 Å². The summed E-state index contributed by atoms with van der Waals surface area (Å²) in [5.74, 6) is 0.266. The number of ketones is 1. The molecule has 1 saturated heterocycles. The van der Waals surface area contributed by atoms with Crippen molar-refractivity contribution < 1.29 is 4.79 Å². The van der Waals surface area contributed by atoms with E-state index in [9.17, 15) is 4.79 Å². The number of allylic oxidation sites excluding steroid dienone is 1. The van der Waals surface area contributed by atoms with Crippen LogP contribution in [-0.4, -0.2) is 23.8 Å². The molecule has 0 radical (unpaired) electrons. The van der Waals surface area contributed by atoms with Gasteiger partial charge in [0.1, 0.15) is 0 Å². The lowest BCUT2D eigenvalue weighted by molar-refractivity contribution is -0.115. The van der Waals surface area contributed by atoms with Crippen LogP contribution in [0.4, 0.5) is 0 Å². The number of rotatable bonds is 3.